The van der Waals surface area contributed by atoms with Crippen molar-refractivity contribution in [1.82, 2.24) is 10.0 Å². The number of non-ortho nitro benzene ring substituents is 1. The van der Waals surface area contributed by atoms with Crippen LogP contribution in [0, 0.1) is 10.1 Å². The second-order valence-corrected chi connectivity index (χ2v) is 7.25. The van der Waals surface area contributed by atoms with E-state index in [-0.39, 0.29) is 16.6 Å². The minimum absolute atomic E-state index is 0.0258. The molecule has 23 heavy (non-hydrogen) atoms. The minimum atomic E-state index is -3.67. The molecule has 1 atom stereocenters. The first kappa shape index (κ1) is 19.5. The molecule has 0 radical (unpaired) electrons. The number of nitrogens with one attached hydrogen (secondary N) is 2. The summed E-state index contributed by atoms with van der Waals surface area (Å²) >= 11 is 0. The molecule has 7 nitrogen and oxygen atoms in total. The Labute approximate surface area is 137 Å². The summed E-state index contributed by atoms with van der Waals surface area (Å²) in [6.45, 7) is 5.34. The normalized spacial score (nSPS) is 13.0. The number of sulfonamides is 1. The van der Waals surface area contributed by atoms with Crippen LogP contribution in [0.15, 0.2) is 29.2 Å². The molecule has 0 saturated carbocycles. The molecule has 2 N–H and O–H groups in total. The number of hydrogen-bond donors (Lipinski definition) is 2. The largest absolute Gasteiger partial charge is 0.315 e. The Balaban J connectivity index is 2.46. The van der Waals surface area contributed by atoms with Crippen LogP contribution in [0.25, 0.3) is 0 Å². The summed E-state index contributed by atoms with van der Waals surface area (Å²) in [6.07, 6.45) is 4.65. The van der Waals surface area contributed by atoms with E-state index in [9.17, 15) is 18.5 Å². The van der Waals surface area contributed by atoms with Crippen LogP contribution in [0.1, 0.15) is 39.5 Å². The molecule has 1 rings (SSSR count). The van der Waals surface area contributed by atoms with Gasteiger partial charge in [-0.1, -0.05) is 26.2 Å². The van der Waals surface area contributed by atoms with E-state index in [2.05, 4.69) is 17.0 Å². The fourth-order valence-corrected chi connectivity index (χ4v) is 3.36. The fraction of sp³-hybridized carbons (Fsp3) is 0.600. The summed E-state index contributed by atoms with van der Waals surface area (Å²) in [5.74, 6) is 0. The van der Waals surface area contributed by atoms with Gasteiger partial charge in [0.2, 0.25) is 10.0 Å². The molecule has 1 aromatic carbocycles. The van der Waals surface area contributed by atoms with Gasteiger partial charge in [0.1, 0.15) is 0 Å². The maximum atomic E-state index is 12.2. The third-order valence-electron chi connectivity index (χ3n) is 3.37. The van der Waals surface area contributed by atoms with Crippen molar-refractivity contribution in [3.63, 3.8) is 0 Å². The van der Waals surface area contributed by atoms with E-state index in [1.165, 1.54) is 43.5 Å². The molecule has 0 unspecified atom stereocenters. The smallest absolute Gasteiger partial charge is 0.269 e. The average Bonchev–Trinajstić information content (AvgIpc) is 2.50. The van der Waals surface area contributed by atoms with Crippen molar-refractivity contribution in [2.24, 2.45) is 0 Å². The zero-order chi connectivity index (χ0) is 17.3. The average molecular weight is 343 g/mol. The monoisotopic (exact) mass is 343 g/mol. The quantitative estimate of drug-likeness (QED) is 0.365. The number of nitro groups is 1. The molecule has 130 valence electrons. The van der Waals surface area contributed by atoms with Gasteiger partial charge in [-0.3, -0.25) is 10.1 Å². The molecular weight excluding hydrogens is 318 g/mol. The van der Waals surface area contributed by atoms with Crippen molar-refractivity contribution in [2.45, 2.75) is 50.5 Å². The highest BCUT2D eigenvalue weighted by Gasteiger charge is 2.18. The second kappa shape index (κ2) is 9.59. The number of benzene rings is 1. The van der Waals surface area contributed by atoms with Gasteiger partial charge in [-0.2, -0.15) is 0 Å². The highest BCUT2D eigenvalue weighted by atomic mass is 32.2. The van der Waals surface area contributed by atoms with Crippen molar-refractivity contribution in [3.05, 3.63) is 34.4 Å². The van der Waals surface area contributed by atoms with E-state index in [0.717, 1.165) is 13.0 Å². The van der Waals surface area contributed by atoms with Crippen LogP contribution in [-0.4, -0.2) is 32.5 Å². The molecule has 0 aromatic heterocycles. The Hall–Kier alpha value is -1.51. The number of nitro benzene ring substituents is 1. The van der Waals surface area contributed by atoms with Crippen molar-refractivity contribution >= 4 is 15.7 Å². The maximum absolute atomic E-state index is 12.2. The van der Waals surface area contributed by atoms with Gasteiger partial charge in [0.15, 0.2) is 0 Å². The Morgan fingerprint density at radius 3 is 2.39 bits per heavy atom. The van der Waals surface area contributed by atoms with Crippen molar-refractivity contribution in [3.8, 4) is 0 Å². The molecule has 0 aliphatic carbocycles. The molecule has 0 saturated heterocycles. The third kappa shape index (κ3) is 7.06. The van der Waals surface area contributed by atoms with Gasteiger partial charge in [-0.05, 0) is 32.0 Å². The number of hydrogen-bond acceptors (Lipinski definition) is 5. The van der Waals surface area contributed by atoms with Gasteiger partial charge < -0.3 is 5.32 Å². The summed E-state index contributed by atoms with van der Waals surface area (Å²) < 4.78 is 26.9. The standard InChI is InChI=1S/C15H25N3O4S/c1-3-4-5-6-11-16-12-13(2)17-23(21,22)15-9-7-14(8-10-15)18(19)20/h7-10,13,16-17H,3-6,11-12H2,1-2H3/t13-/m1/s1. The summed E-state index contributed by atoms with van der Waals surface area (Å²) in [7, 11) is -3.67. The SMILES string of the molecule is CCCCCCNC[C@@H](C)NS(=O)(=O)c1ccc([N+](=O)[O-])cc1. The fourth-order valence-electron chi connectivity index (χ4n) is 2.12. The van der Waals surface area contributed by atoms with E-state index < -0.39 is 14.9 Å². The van der Waals surface area contributed by atoms with E-state index in [1.807, 2.05) is 0 Å². The van der Waals surface area contributed by atoms with Crippen LogP contribution >= 0.6 is 0 Å². The van der Waals surface area contributed by atoms with Crippen LogP contribution in [0.3, 0.4) is 0 Å². The number of unbranched alkanes of at least 4 members (excludes halogenated alkanes) is 3. The lowest BCUT2D eigenvalue weighted by Gasteiger charge is -2.15. The van der Waals surface area contributed by atoms with Crippen molar-refractivity contribution in [1.29, 1.82) is 0 Å². The van der Waals surface area contributed by atoms with Gasteiger partial charge in [-0.25, -0.2) is 13.1 Å². The minimum Gasteiger partial charge on any atom is -0.315 e. The predicted molar refractivity (Wildman–Crippen MR) is 89.9 cm³/mol. The van der Waals surface area contributed by atoms with Crippen LogP contribution in [0.2, 0.25) is 0 Å². The molecule has 0 fully saturated rings. The summed E-state index contributed by atoms with van der Waals surface area (Å²) in [5, 5.41) is 13.8. The van der Waals surface area contributed by atoms with E-state index in [4.69, 9.17) is 0 Å². The first-order chi connectivity index (χ1) is 10.9. The Morgan fingerprint density at radius 1 is 1.17 bits per heavy atom. The Morgan fingerprint density at radius 2 is 1.83 bits per heavy atom. The maximum Gasteiger partial charge on any atom is 0.269 e. The highest BCUT2D eigenvalue weighted by molar-refractivity contribution is 7.89. The zero-order valence-electron chi connectivity index (χ0n) is 13.6. The summed E-state index contributed by atoms with van der Waals surface area (Å²) in [6, 6.07) is 4.59. The number of rotatable bonds is 11. The van der Waals surface area contributed by atoms with Crippen molar-refractivity contribution in [2.75, 3.05) is 13.1 Å². The van der Waals surface area contributed by atoms with Gasteiger partial charge >= 0.3 is 0 Å². The van der Waals surface area contributed by atoms with Crippen LogP contribution < -0.4 is 10.0 Å². The van der Waals surface area contributed by atoms with Crippen molar-refractivity contribution < 1.29 is 13.3 Å². The molecule has 8 heteroatoms. The van der Waals surface area contributed by atoms with Gasteiger partial charge in [-0.15, -0.1) is 0 Å². The summed E-state index contributed by atoms with van der Waals surface area (Å²) in [5.41, 5.74) is -0.134. The molecule has 0 aliphatic rings. The van der Waals surface area contributed by atoms with Gasteiger partial charge in [0.05, 0.1) is 9.82 Å². The molecule has 0 spiro atoms. The van der Waals surface area contributed by atoms with Crippen LogP contribution in [0.4, 0.5) is 5.69 Å². The summed E-state index contributed by atoms with van der Waals surface area (Å²) in [4.78, 5) is 10.0. The lowest BCUT2D eigenvalue weighted by atomic mass is 10.2. The molecule has 0 aliphatic heterocycles. The lowest BCUT2D eigenvalue weighted by molar-refractivity contribution is -0.384. The number of nitrogens with zero attached hydrogens (tertiary/aromatic N) is 1. The van der Waals surface area contributed by atoms with Gasteiger partial charge in [0.25, 0.3) is 5.69 Å². The first-order valence-corrected chi connectivity index (χ1v) is 9.32. The van der Waals surface area contributed by atoms with E-state index in [0.29, 0.717) is 6.54 Å². The Bertz CT molecular complexity index is 587. The molecule has 0 amide bonds. The molecule has 0 bridgehead atoms. The third-order valence-corrected chi connectivity index (χ3v) is 4.98. The second-order valence-electron chi connectivity index (χ2n) is 5.54. The molecule has 1 aromatic rings. The van der Waals surface area contributed by atoms with Crippen LogP contribution in [-0.2, 0) is 10.0 Å². The highest BCUT2D eigenvalue weighted by Crippen LogP contribution is 2.15. The lowest BCUT2D eigenvalue weighted by Crippen LogP contribution is -2.40. The molecule has 0 heterocycles. The first-order valence-electron chi connectivity index (χ1n) is 7.84. The topological polar surface area (TPSA) is 101 Å². The van der Waals surface area contributed by atoms with E-state index in [1.54, 1.807) is 6.92 Å². The van der Waals surface area contributed by atoms with Gasteiger partial charge in [0, 0.05) is 24.7 Å². The predicted octanol–water partition coefficient (Wildman–Crippen LogP) is 2.43. The van der Waals surface area contributed by atoms with Crippen LogP contribution in [0.5, 0.6) is 0 Å². The molecular formula is C15H25N3O4S. The Kier molecular flexibility index (Phi) is 8.15. The zero-order valence-corrected chi connectivity index (χ0v) is 14.4. The van der Waals surface area contributed by atoms with E-state index >= 15 is 0 Å².